The predicted octanol–water partition coefficient (Wildman–Crippen LogP) is 8.28. The first-order valence-corrected chi connectivity index (χ1v) is 11.6. The summed E-state index contributed by atoms with van der Waals surface area (Å²) in [6.07, 6.45) is 38.6. The van der Waals surface area contributed by atoms with Gasteiger partial charge in [-0.1, -0.05) is 132 Å². The van der Waals surface area contributed by atoms with Crippen LogP contribution in [-0.2, 0) is 4.79 Å². The standard InChI is InChI=1S/C28H43NO/c1-4-5-6-7-8-9-10-11-12-13-14-15-16-17-18-19-20-21-22-23-24-25-26-29-28(30)27(2)3/h15-26H,2,4-14H2,1,3H3,(H,29,30). The minimum Gasteiger partial charge on any atom is -0.329 e. The van der Waals surface area contributed by atoms with E-state index in [1.165, 1.54) is 70.6 Å². The summed E-state index contributed by atoms with van der Waals surface area (Å²) < 4.78 is 0. The average molecular weight is 410 g/mol. The summed E-state index contributed by atoms with van der Waals surface area (Å²) >= 11 is 0. The number of rotatable bonds is 18. The molecule has 2 nitrogen and oxygen atoms in total. The summed E-state index contributed by atoms with van der Waals surface area (Å²) in [5.74, 6) is -0.164. The monoisotopic (exact) mass is 409 g/mol. The van der Waals surface area contributed by atoms with Crippen LogP contribution in [0.4, 0.5) is 0 Å². The molecule has 30 heavy (non-hydrogen) atoms. The molecule has 1 amide bonds. The van der Waals surface area contributed by atoms with E-state index < -0.39 is 0 Å². The molecule has 0 aliphatic rings. The maximum absolute atomic E-state index is 11.2. The van der Waals surface area contributed by atoms with E-state index in [0.717, 1.165) is 0 Å². The molecule has 0 unspecified atom stereocenters. The van der Waals surface area contributed by atoms with E-state index in [2.05, 4.69) is 37.0 Å². The molecule has 2 heteroatoms. The smallest absolute Gasteiger partial charge is 0.250 e. The number of carbonyl (C=O) groups is 1. The number of carbonyl (C=O) groups excluding carboxylic acids is 1. The van der Waals surface area contributed by atoms with Gasteiger partial charge in [0, 0.05) is 11.8 Å². The van der Waals surface area contributed by atoms with Crippen molar-refractivity contribution in [2.45, 2.75) is 84.5 Å². The first-order valence-electron chi connectivity index (χ1n) is 11.6. The van der Waals surface area contributed by atoms with Gasteiger partial charge >= 0.3 is 0 Å². The van der Waals surface area contributed by atoms with E-state index in [4.69, 9.17) is 0 Å². The van der Waals surface area contributed by atoms with Gasteiger partial charge in [0.15, 0.2) is 0 Å². The number of nitrogens with one attached hydrogen (secondary N) is 1. The van der Waals surface area contributed by atoms with Crippen molar-refractivity contribution in [3.05, 3.63) is 85.2 Å². The minimum absolute atomic E-state index is 0.164. The summed E-state index contributed by atoms with van der Waals surface area (Å²) in [6, 6.07) is 0. The van der Waals surface area contributed by atoms with Crippen molar-refractivity contribution in [2.24, 2.45) is 0 Å². The zero-order valence-electron chi connectivity index (χ0n) is 19.3. The van der Waals surface area contributed by atoms with Crippen LogP contribution in [0.25, 0.3) is 0 Å². The van der Waals surface area contributed by atoms with Gasteiger partial charge in [0.1, 0.15) is 0 Å². The molecule has 0 aromatic carbocycles. The van der Waals surface area contributed by atoms with Crippen LogP contribution in [-0.4, -0.2) is 5.91 Å². The SMILES string of the molecule is C=C(C)C(=O)NC=CC=CC=CC=CC=CC=CCCCCCCCCCCCC. The Bertz CT molecular complexity index is 602. The molecule has 0 fully saturated rings. The second-order valence-corrected chi connectivity index (χ2v) is 7.55. The third kappa shape index (κ3) is 21.9. The van der Waals surface area contributed by atoms with Gasteiger partial charge in [-0.25, -0.2) is 0 Å². The van der Waals surface area contributed by atoms with Crippen LogP contribution in [0.5, 0.6) is 0 Å². The van der Waals surface area contributed by atoms with Crippen LogP contribution in [0.15, 0.2) is 85.2 Å². The molecule has 0 heterocycles. The Morgan fingerprint density at radius 2 is 1.10 bits per heavy atom. The lowest BCUT2D eigenvalue weighted by atomic mass is 10.1. The van der Waals surface area contributed by atoms with Crippen molar-refractivity contribution in [1.82, 2.24) is 5.32 Å². The summed E-state index contributed by atoms with van der Waals surface area (Å²) in [6.45, 7) is 7.52. The van der Waals surface area contributed by atoms with Gasteiger partial charge < -0.3 is 5.32 Å². The Kier molecular flexibility index (Phi) is 21.1. The lowest BCUT2D eigenvalue weighted by Gasteiger charge is -2.01. The van der Waals surface area contributed by atoms with Crippen molar-refractivity contribution in [3.8, 4) is 0 Å². The lowest BCUT2D eigenvalue weighted by molar-refractivity contribution is -0.116. The molecule has 0 saturated carbocycles. The molecular formula is C28H43NO. The Morgan fingerprint density at radius 3 is 1.60 bits per heavy atom. The van der Waals surface area contributed by atoms with Crippen molar-refractivity contribution in [2.75, 3.05) is 0 Å². The van der Waals surface area contributed by atoms with Crippen molar-refractivity contribution >= 4 is 5.91 Å². The van der Waals surface area contributed by atoms with Gasteiger partial charge in [0.25, 0.3) is 0 Å². The van der Waals surface area contributed by atoms with Gasteiger partial charge in [-0.3, -0.25) is 4.79 Å². The van der Waals surface area contributed by atoms with Crippen LogP contribution >= 0.6 is 0 Å². The maximum atomic E-state index is 11.2. The fourth-order valence-electron chi connectivity index (χ4n) is 2.74. The van der Waals surface area contributed by atoms with Crippen LogP contribution < -0.4 is 5.32 Å². The quantitative estimate of drug-likeness (QED) is 0.138. The van der Waals surface area contributed by atoms with E-state index >= 15 is 0 Å². The summed E-state index contributed by atoms with van der Waals surface area (Å²) in [5, 5.41) is 2.62. The van der Waals surface area contributed by atoms with Crippen LogP contribution in [0, 0.1) is 0 Å². The lowest BCUT2D eigenvalue weighted by Crippen LogP contribution is -2.16. The summed E-state index contributed by atoms with van der Waals surface area (Å²) in [5.41, 5.74) is 0.496. The van der Waals surface area contributed by atoms with Crippen molar-refractivity contribution < 1.29 is 4.79 Å². The summed E-state index contributed by atoms with van der Waals surface area (Å²) in [7, 11) is 0. The van der Waals surface area contributed by atoms with E-state index in [-0.39, 0.29) is 5.91 Å². The Labute approximate surface area is 185 Å². The highest BCUT2D eigenvalue weighted by atomic mass is 16.1. The van der Waals surface area contributed by atoms with E-state index in [1.54, 1.807) is 19.2 Å². The Hall–Kier alpha value is -2.35. The second-order valence-electron chi connectivity index (χ2n) is 7.55. The van der Waals surface area contributed by atoms with Crippen molar-refractivity contribution in [1.29, 1.82) is 0 Å². The molecule has 0 aromatic heterocycles. The molecule has 166 valence electrons. The normalized spacial score (nSPS) is 12.6. The second kappa shape index (κ2) is 22.9. The maximum Gasteiger partial charge on any atom is 0.250 e. The number of hydrogen-bond donors (Lipinski definition) is 1. The number of hydrogen-bond acceptors (Lipinski definition) is 1. The third-order valence-electron chi connectivity index (χ3n) is 4.56. The molecular weight excluding hydrogens is 366 g/mol. The first kappa shape index (κ1) is 27.7. The molecule has 0 saturated heterocycles. The molecule has 0 aliphatic heterocycles. The first-order chi connectivity index (χ1) is 14.7. The van der Waals surface area contributed by atoms with Crippen LogP contribution in [0.3, 0.4) is 0 Å². The van der Waals surface area contributed by atoms with Gasteiger partial charge in [-0.2, -0.15) is 0 Å². The molecule has 0 aliphatic carbocycles. The van der Waals surface area contributed by atoms with Gasteiger partial charge in [0.2, 0.25) is 5.91 Å². The molecule has 0 aromatic rings. The predicted molar refractivity (Wildman–Crippen MR) is 134 cm³/mol. The van der Waals surface area contributed by atoms with Gasteiger partial charge in [-0.05, 0) is 25.8 Å². The topological polar surface area (TPSA) is 29.1 Å². The number of amides is 1. The van der Waals surface area contributed by atoms with E-state index in [0.29, 0.717) is 5.57 Å². The molecule has 0 radical (unpaired) electrons. The van der Waals surface area contributed by atoms with E-state index in [1.807, 2.05) is 42.5 Å². The van der Waals surface area contributed by atoms with E-state index in [9.17, 15) is 4.79 Å². The molecule has 1 N–H and O–H groups in total. The third-order valence-corrected chi connectivity index (χ3v) is 4.56. The highest BCUT2D eigenvalue weighted by Gasteiger charge is 1.95. The van der Waals surface area contributed by atoms with Gasteiger partial charge in [0.05, 0.1) is 0 Å². The molecule has 0 bridgehead atoms. The molecule has 0 rings (SSSR count). The fourth-order valence-corrected chi connectivity index (χ4v) is 2.74. The van der Waals surface area contributed by atoms with Crippen LogP contribution in [0.2, 0.25) is 0 Å². The Balaban J connectivity index is 3.58. The largest absolute Gasteiger partial charge is 0.329 e. The molecule has 0 atom stereocenters. The summed E-state index contributed by atoms with van der Waals surface area (Å²) in [4.78, 5) is 11.2. The fraction of sp³-hybridized carbons (Fsp3) is 0.464. The number of unbranched alkanes of at least 4 members (excludes halogenated alkanes) is 10. The molecule has 0 spiro atoms. The van der Waals surface area contributed by atoms with Crippen molar-refractivity contribution in [3.63, 3.8) is 0 Å². The zero-order chi connectivity index (χ0) is 22.1. The number of allylic oxidation sites excluding steroid dienone is 11. The average Bonchev–Trinajstić information content (AvgIpc) is 2.74. The Morgan fingerprint density at radius 1 is 0.667 bits per heavy atom. The highest BCUT2D eigenvalue weighted by molar-refractivity contribution is 5.92. The van der Waals surface area contributed by atoms with Gasteiger partial charge in [-0.15, -0.1) is 0 Å². The zero-order valence-corrected chi connectivity index (χ0v) is 19.3. The van der Waals surface area contributed by atoms with Crippen LogP contribution in [0.1, 0.15) is 84.5 Å². The minimum atomic E-state index is -0.164. The highest BCUT2D eigenvalue weighted by Crippen LogP contribution is 2.11.